The maximum atomic E-state index is 12.6. The van der Waals surface area contributed by atoms with E-state index in [1.807, 2.05) is 17.9 Å². The van der Waals surface area contributed by atoms with Crippen LogP contribution in [0.3, 0.4) is 0 Å². The van der Waals surface area contributed by atoms with Gasteiger partial charge < -0.3 is 15.1 Å². The number of aromatic nitrogens is 6. The van der Waals surface area contributed by atoms with E-state index >= 15 is 0 Å². The second-order valence-corrected chi connectivity index (χ2v) is 6.55. The molecule has 10 nitrogen and oxygen atoms in total. The maximum Gasteiger partial charge on any atom is 0.254 e. The molecule has 1 aliphatic heterocycles. The molecule has 4 rings (SSSR count). The van der Waals surface area contributed by atoms with Crippen molar-refractivity contribution in [1.29, 1.82) is 0 Å². The molecule has 3 aromatic rings. The molecule has 10 heteroatoms. The highest BCUT2D eigenvalue weighted by atomic mass is 16.2. The fraction of sp³-hybridized carbons (Fsp3) is 0.444. The molecular weight excluding hydrogens is 358 g/mol. The topological polar surface area (TPSA) is 104 Å². The van der Waals surface area contributed by atoms with Gasteiger partial charge in [0, 0.05) is 63.3 Å². The summed E-state index contributed by atoms with van der Waals surface area (Å²) < 4.78 is 1.66. The van der Waals surface area contributed by atoms with E-state index in [0.717, 1.165) is 37.0 Å². The number of piperazine rings is 1. The molecule has 0 spiro atoms. The highest BCUT2D eigenvalue weighted by Gasteiger charge is 2.22. The highest BCUT2D eigenvalue weighted by molar-refractivity contribution is 5.77. The zero-order valence-electron chi connectivity index (χ0n) is 15.8. The van der Waals surface area contributed by atoms with Crippen molar-refractivity contribution in [2.45, 2.75) is 19.8 Å². The summed E-state index contributed by atoms with van der Waals surface area (Å²) in [6.07, 6.45) is 6.18. The van der Waals surface area contributed by atoms with Crippen LogP contribution < -0.4 is 10.2 Å². The molecule has 0 bridgehead atoms. The van der Waals surface area contributed by atoms with Crippen molar-refractivity contribution in [1.82, 2.24) is 34.4 Å². The van der Waals surface area contributed by atoms with Gasteiger partial charge in [-0.05, 0) is 12.5 Å². The first kappa shape index (κ1) is 18.1. The Kier molecular flexibility index (Phi) is 5.27. The van der Waals surface area contributed by atoms with Gasteiger partial charge in [0.1, 0.15) is 12.1 Å². The Morgan fingerprint density at radius 1 is 1.14 bits per heavy atom. The minimum Gasteiger partial charge on any atom is -0.369 e. The van der Waals surface area contributed by atoms with Crippen molar-refractivity contribution in [3.63, 3.8) is 0 Å². The van der Waals surface area contributed by atoms with Crippen molar-refractivity contribution in [2.75, 3.05) is 42.9 Å². The quantitative estimate of drug-likeness (QED) is 0.663. The van der Waals surface area contributed by atoms with Gasteiger partial charge in [0.15, 0.2) is 0 Å². The fourth-order valence-electron chi connectivity index (χ4n) is 3.23. The molecule has 1 amide bonds. The number of nitrogens with zero attached hydrogens (tertiary/aromatic N) is 8. The first-order chi connectivity index (χ1) is 13.7. The minimum absolute atomic E-state index is 0.140. The Morgan fingerprint density at radius 3 is 2.68 bits per heavy atom. The predicted octanol–water partition coefficient (Wildman–Crippen LogP) is 0.627. The number of fused-ring (bicyclic) bond motifs is 1. The third kappa shape index (κ3) is 3.85. The van der Waals surface area contributed by atoms with Crippen molar-refractivity contribution in [3.8, 4) is 0 Å². The van der Waals surface area contributed by atoms with Crippen molar-refractivity contribution in [3.05, 3.63) is 36.5 Å². The number of hydrogen-bond donors (Lipinski definition) is 1. The Morgan fingerprint density at radius 2 is 1.93 bits per heavy atom. The molecule has 0 aliphatic carbocycles. The summed E-state index contributed by atoms with van der Waals surface area (Å²) in [5.41, 5.74) is 0.938. The van der Waals surface area contributed by atoms with Crippen molar-refractivity contribution in [2.24, 2.45) is 0 Å². The van der Waals surface area contributed by atoms with Crippen molar-refractivity contribution >= 4 is 23.5 Å². The van der Waals surface area contributed by atoms with Crippen LogP contribution in [0.25, 0.3) is 5.78 Å². The average Bonchev–Trinajstić information content (AvgIpc) is 3.23. The second-order valence-electron chi connectivity index (χ2n) is 6.55. The summed E-state index contributed by atoms with van der Waals surface area (Å²) >= 11 is 0. The summed E-state index contributed by atoms with van der Waals surface area (Å²) in [5.74, 6) is 2.23. The van der Waals surface area contributed by atoms with E-state index in [9.17, 15) is 4.79 Å². The Bertz CT molecular complexity index is 935. The Labute approximate surface area is 162 Å². The average molecular weight is 381 g/mol. The molecule has 0 radical (unpaired) electrons. The van der Waals surface area contributed by atoms with Crippen LogP contribution in [0.15, 0.2) is 30.9 Å². The van der Waals surface area contributed by atoms with Gasteiger partial charge in [-0.2, -0.15) is 14.6 Å². The number of hydrogen-bond acceptors (Lipinski definition) is 8. The Hall–Kier alpha value is -3.30. The molecule has 1 fully saturated rings. The molecule has 0 atom stereocenters. The second kappa shape index (κ2) is 8.15. The zero-order chi connectivity index (χ0) is 19.3. The van der Waals surface area contributed by atoms with Gasteiger partial charge in [-0.1, -0.05) is 6.92 Å². The van der Waals surface area contributed by atoms with E-state index in [2.05, 4.69) is 35.3 Å². The van der Waals surface area contributed by atoms with Gasteiger partial charge in [-0.25, -0.2) is 15.0 Å². The van der Waals surface area contributed by atoms with Crippen LogP contribution in [0.4, 0.5) is 11.8 Å². The lowest BCUT2D eigenvalue weighted by molar-refractivity contribution is -0.131. The van der Waals surface area contributed by atoms with Gasteiger partial charge in [0.2, 0.25) is 11.9 Å². The SMILES string of the molecule is CCc1cc(NCCC(=O)N2CCN(c3ncccn3)CC2)n2ncnc2n1. The number of anilines is 2. The van der Waals surface area contributed by atoms with Crippen molar-refractivity contribution < 1.29 is 4.79 Å². The van der Waals surface area contributed by atoms with Crippen LogP contribution in [-0.2, 0) is 11.2 Å². The molecule has 0 unspecified atom stereocenters. The highest BCUT2D eigenvalue weighted by Crippen LogP contribution is 2.13. The third-order valence-corrected chi connectivity index (χ3v) is 4.78. The van der Waals surface area contributed by atoms with E-state index in [0.29, 0.717) is 31.8 Å². The van der Waals surface area contributed by atoms with E-state index in [1.165, 1.54) is 6.33 Å². The van der Waals surface area contributed by atoms with Gasteiger partial charge >= 0.3 is 0 Å². The first-order valence-corrected chi connectivity index (χ1v) is 9.48. The van der Waals surface area contributed by atoms with Crippen LogP contribution in [0, 0.1) is 0 Å². The number of amides is 1. The minimum atomic E-state index is 0.140. The summed E-state index contributed by atoms with van der Waals surface area (Å²) in [7, 11) is 0. The van der Waals surface area contributed by atoms with Crippen LogP contribution in [0.1, 0.15) is 19.0 Å². The summed E-state index contributed by atoms with van der Waals surface area (Å²) in [5, 5.41) is 7.48. The van der Waals surface area contributed by atoms with Crippen LogP contribution >= 0.6 is 0 Å². The van der Waals surface area contributed by atoms with E-state index in [4.69, 9.17) is 0 Å². The zero-order valence-corrected chi connectivity index (χ0v) is 15.8. The summed E-state index contributed by atoms with van der Waals surface area (Å²) in [4.78, 5) is 33.7. The van der Waals surface area contributed by atoms with Gasteiger partial charge in [0.25, 0.3) is 5.78 Å². The maximum absolute atomic E-state index is 12.6. The van der Waals surface area contributed by atoms with E-state index < -0.39 is 0 Å². The molecule has 3 aromatic heterocycles. The van der Waals surface area contributed by atoms with E-state index in [1.54, 1.807) is 23.0 Å². The normalized spacial score (nSPS) is 14.5. The smallest absolute Gasteiger partial charge is 0.254 e. The lowest BCUT2D eigenvalue weighted by Crippen LogP contribution is -2.49. The number of carbonyl (C=O) groups excluding carboxylic acids is 1. The fourth-order valence-corrected chi connectivity index (χ4v) is 3.23. The van der Waals surface area contributed by atoms with Crippen LogP contribution in [0.2, 0.25) is 0 Å². The molecule has 0 aromatic carbocycles. The van der Waals surface area contributed by atoms with Gasteiger partial charge in [-0.15, -0.1) is 0 Å². The molecule has 28 heavy (non-hydrogen) atoms. The number of nitrogens with one attached hydrogen (secondary N) is 1. The molecule has 1 N–H and O–H groups in total. The lowest BCUT2D eigenvalue weighted by Gasteiger charge is -2.34. The molecule has 4 heterocycles. The molecule has 1 aliphatic rings. The first-order valence-electron chi connectivity index (χ1n) is 9.48. The van der Waals surface area contributed by atoms with Crippen LogP contribution in [-0.4, -0.2) is 73.1 Å². The lowest BCUT2D eigenvalue weighted by atomic mass is 10.2. The Balaban J connectivity index is 1.29. The van der Waals surface area contributed by atoms with E-state index in [-0.39, 0.29) is 5.91 Å². The molecular formula is C18H23N9O. The molecule has 146 valence electrons. The van der Waals surface area contributed by atoms with Gasteiger partial charge in [-0.3, -0.25) is 4.79 Å². The van der Waals surface area contributed by atoms with Crippen LogP contribution in [0.5, 0.6) is 0 Å². The summed E-state index contributed by atoms with van der Waals surface area (Å²) in [6, 6.07) is 3.75. The predicted molar refractivity (Wildman–Crippen MR) is 104 cm³/mol. The number of carbonyl (C=O) groups is 1. The monoisotopic (exact) mass is 381 g/mol. The largest absolute Gasteiger partial charge is 0.369 e. The third-order valence-electron chi connectivity index (χ3n) is 4.78. The number of rotatable bonds is 6. The standard InChI is InChI=1S/C18H23N9O/c1-2-14-12-15(27-18(24-14)22-13-23-27)19-7-4-16(28)25-8-10-26(11-9-25)17-20-5-3-6-21-17/h3,5-6,12-13,19H,2,4,7-11H2,1H3. The van der Waals surface area contributed by atoms with Gasteiger partial charge in [0.05, 0.1) is 0 Å². The number of aryl methyl sites for hydroxylation is 1. The summed E-state index contributed by atoms with van der Waals surface area (Å²) in [6.45, 7) is 5.42. The molecule has 1 saturated heterocycles. The molecule has 0 saturated carbocycles.